The summed E-state index contributed by atoms with van der Waals surface area (Å²) >= 11 is 0. The Bertz CT molecular complexity index is 1360. The predicted molar refractivity (Wildman–Crippen MR) is 113 cm³/mol. The maximum atomic E-state index is 13.3. The molecule has 146 valence electrons. The number of nitrogens with zero attached hydrogens (tertiary/aromatic N) is 4. The topological polar surface area (TPSA) is 61.8 Å². The van der Waals surface area contributed by atoms with E-state index in [4.69, 9.17) is 0 Å². The van der Waals surface area contributed by atoms with Gasteiger partial charge in [-0.1, -0.05) is 42.5 Å². The summed E-state index contributed by atoms with van der Waals surface area (Å²) in [6.45, 7) is 4.56. The van der Waals surface area contributed by atoms with Gasteiger partial charge in [0.05, 0.1) is 12.0 Å². The summed E-state index contributed by atoms with van der Waals surface area (Å²) in [5.41, 5.74) is 4.34. The Hall–Kier alpha value is -3.41. The zero-order valence-electron chi connectivity index (χ0n) is 16.5. The quantitative estimate of drug-likeness (QED) is 0.540. The average Bonchev–Trinajstić information content (AvgIpc) is 3.45. The van der Waals surface area contributed by atoms with E-state index < -0.39 is 0 Å². The Kier molecular flexibility index (Phi) is 4.01. The number of aromatic nitrogens is 4. The molecule has 2 heterocycles. The van der Waals surface area contributed by atoms with E-state index in [9.17, 15) is 9.59 Å². The van der Waals surface area contributed by atoms with Gasteiger partial charge < -0.3 is 4.57 Å². The maximum Gasteiger partial charge on any atom is 0.337 e. The van der Waals surface area contributed by atoms with Crippen LogP contribution >= 0.6 is 0 Å². The molecule has 1 fully saturated rings. The third-order valence-electron chi connectivity index (χ3n) is 5.72. The first-order chi connectivity index (χ1) is 14.1. The van der Waals surface area contributed by atoms with Crippen LogP contribution in [-0.2, 0) is 6.54 Å². The Morgan fingerprint density at radius 3 is 2.34 bits per heavy atom. The van der Waals surface area contributed by atoms with Gasteiger partial charge in [-0.05, 0) is 49.4 Å². The van der Waals surface area contributed by atoms with Gasteiger partial charge in [-0.3, -0.25) is 9.36 Å². The molecule has 0 unspecified atom stereocenters. The summed E-state index contributed by atoms with van der Waals surface area (Å²) in [6, 6.07) is 15.8. The van der Waals surface area contributed by atoms with Crippen molar-refractivity contribution in [2.45, 2.75) is 39.3 Å². The molecule has 0 atom stereocenters. The van der Waals surface area contributed by atoms with Crippen LogP contribution in [0.1, 0.15) is 35.6 Å². The number of rotatable bonds is 4. The summed E-state index contributed by atoms with van der Waals surface area (Å²) in [4.78, 5) is 31.2. The van der Waals surface area contributed by atoms with Crippen molar-refractivity contribution in [1.29, 1.82) is 0 Å². The molecule has 0 saturated heterocycles. The highest BCUT2D eigenvalue weighted by Gasteiger charge is 2.30. The van der Waals surface area contributed by atoms with Gasteiger partial charge in [0.15, 0.2) is 11.2 Å². The summed E-state index contributed by atoms with van der Waals surface area (Å²) < 4.78 is 4.89. The number of benzene rings is 2. The monoisotopic (exact) mass is 386 g/mol. The van der Waals surface area contributed by atoms with Crippen LogP contribution in [-0.4, -0.2) is 18.7 Å². The van der Waals surface area contributed by atoms with Crippen molar-refractivity contribution in [3.63, 3.8) is 0 Å². The fourth-order valence-electron chi connectivity index (χ4n) is 3.93. The van der Waals surface area contributed by atoms with Gasteiger partial charge in [-0.15, -0.1) is 0 Å². The highest BCUT2D eigenvalue weighted by molar-refractivity contribution is 5.73. The molecule has 29 heavy (non-hydrogen) atoms. The number of aryl methyl sites for hydroxylation is 2. The molecule has 6 nitrogen and oxygen atoms in total. The summed E-state index contributed by atoms with van der Waals surface area (Å²) in [6.07, 6.45) is 3.39. The average molecular weight is 386 g/mol. The van der Waals surface area contributed by atoms with Gasteiger partial charge in [0.2, 0.25) is 0 Å². The van der Waals surface area contributed by atoms with Crippen molar-refractivity contribution < 1.29 is 0 Å². The largest absolute Gasteiger partial charge is 0.337 e. The van der Waals surface area contributed by atoms with E-state index in [2.05, 4.69) is 24.0 Å². The number of hydrogen-bond donors (Lipinski definition) is 0. The van der Waals surface area contributed by atoms with E-state index in [1.54, 1.807) is 10.9 Å². The smallest absolute Gasteiger partial charge is 0.320 e. The fourth-order valence-corrected chi connectivity index (χ4v) is 3.93. The van der Waals surface area contributed by atoms with Crippen molar-refractivity contribution >= 4 is 11.2 Å². The molecule has 6 heteroatoms. The van der Waals surface area contributed by atoms with E-state index >= 15 is 0 Å². The van der Waals surface area contributed by atoms with Gasteiger partial charge in [-0.25, -0.2) is 14.3 Å². The molecule has 2 aromatic carbocycles. The predicted octanol–water partition coefficient (Wildman–Crippen LogP) is 3.35. The number of para-hydroxylation sites is 1. The standard InChI is InChI=1S/C23H22N4O2/c1-15-7-3-5-9-17(15)13-25-14-24-21-20(25)22(28)26(18-11-12-18)23(29)27(21)19-10-6-4-8-16(19)2/h3-10,14,18H,11-13H2,1-2H3. The molecule has 4 aromatic rings. The van der Waals surface area contributed by atoms with E-state index in [1.165, 1.54) is 4.57 Å². The van der Waals surface area contributed by atoms with E-state index in [0.717, 1.165) is 35.2 Å². The lowest BCUT2D eigenvalue weighted by atomic mass is 10.1. The normalized spacial score (nSPS) is 13.9. The third-order valence-corrected chi connectivity index (χ3v) is 5.72. The molecule has 0 radical (unpaired) electrons. The second-order valence-corrected chi connectivity index (χ2v) is 7.78. The van der Waals surface area contributed by atoms with Gasteiger partial charge >= 0.3 is 5.69 Å². The minimum atomic E-state index is -0.305. The molecule has 1 aliphatic carbocycles. The number of imidazole rings is 1. The van der Waals surface area contributed by atoms with E-state index in [0.29, 0.717) is 17.7 Å². The van der Waals surface area contributed by atoms with Gasteiger partial charge in [0, 0.05) is 12.6 Å². The van der Waals surface area contributed by atoms with Crippen LogP contribution in [0.15, 0.2) is 64.4 Å². The summed E-state index contributed by atoms with van der Waals surface area (Å²) in [7, 11) is 0. The molecule has 0 spiro atoms. The van der Waals surface area contributed by atoms with Gasteiger partial charge in [-0.2, -0.15) is 0 Å². The first-order valence-corrected chi connectivity index (χ1v) is 9.89. The lowest BCUT2D eigenvalue weighted by molar-refractivity contribution is 0.638. The van der Waals surface area contributed by atoms with Gasteiger partial charge in [0.1, 0.15) is 0 Å². The Morgan fingerprint density at radius 1 is 0.966 bits per heavy atom. The lowest BCUT2D eigenvalue weighted by Gasteiger charge is -2.14. The van der Waals surface area contributed by atoms with Gasteiger partial charge in [0.25, 0.3) is 5.56 Å². The maximum absolute atomic E-state index is 13.3. The Morgan fingerprint density at radius 2 is 1.66 bits per heavy atom. The molecule has 0 bridgehead atoms. The summed E-state index contributed by atoms with van der Waals surface area (Å²) in [5.74, 6) is 0. The number of hydrogen-bond acceptors (Lipinski definition) is 3. The highest BCUT2D eigenvalue weighted by atomic mass is 16.2. The van der Waals surface area contributed by atoms with Crippen LogP contribution in [0.25, 0.3) is 16.9 Å². The molecule has 5 rings (SSSR count). The Labute approximate surface area is 167 Å². The molecule has 1 saturated carbocycles. The zero-order valence-corrected chi connectivity index (χ0v) is 16.5. The lowest BCUT2D eigenvalue weighted by Crippen LogP contribution is -2.39. The van der Waals surface area contributed by atoms with Crippen molar-refractivity contribution in [1.82, 2.24) is 18.7 Å². The first-order valence-electron chi connectivity index (χ1n) is 9.89. The number of fused-ring (bicyclic) bond motifs is 1. The SMILES string of the molecule is Cc1ccccc1Cn1cnc2c1c(=O)n(C1CC1)c(=O)n2-c1ccccc1C. The Balaban J connectivity index is 1.82. The third kappa shape index (κ3) is 2.83. The second kappa shape index (κ2) is 6.58. The summed E-state index contributed by atoms with van der Waals surface area (Å²) in [5, 5.41) is 0. The highest BCUT2D eigenvalue weighted by Crippen LogP contribution is 2.32. The van der Waals surface area contributed by atoms with E-state index in [-0.39, 0.29) is 17.3 Å². The second-order valence-electron chi connectivity index (χ2n) is 7.78. The van der Waals surface area contributed by atoms with Crippen LogP contribution < -0.4 is 11.2 Å². The zero-order chi connectivity index (χ0) is 20.1. The van der Waals surface area contributed by atoms with Crippen molar-refractivity contribution in [3.8, 4) is 5.69 Å². The van der Waals surface area contributed by atoms with Crippen molar-refractivity contribution in [2.24, 2.45) is 0 Å². The van der Waals surface area contributed by atoms with Crippen molar-refractivity contribution in [2.75, 3.05) is 0 Å². The van der Waals surface area contributed by atoms with Crippen LogP contribution in [0.4, 0.5) is 0 Å². The molecular formula is C23H22N4O2. The first kappa shape index (κ1) is 17.7. The van der Waals surface area contributed by atoms with Crippen LogP contribution in [0.3, 0.4) is 0 Å². The molecule has 0 amide bonds. The molecule has 1 aliphatic rings. The minimum absolute atomic E-state index is 0.0171. The fraction of sp³-hybridized carbons (Fsp3) is 0.261. The van der Waals surface area contributed by atoms with Crippen molar-refractivity contribution in [3.05, 3.63) is 92.4 Å². The minimum Gasteiger partial charge on any atom is -0.320 e. The van der Waals surface area contributed by atoms with Crippen LogP contribution in [0.2, 0.25) is 0 Å². The van der Waals surface area contributed by atoms with Crippen LogP contribution in [0.5, 0.6) is 0 Å². The molecule has 0 N–H and O–H groups in total. The van der Waals surface area contributed by atoms with Crippen LogP contribution in [0, 0.1) is 13.8 Å². The molecule has 2 aromatic heterocycles. The molecule has 0 aliphatic heterocycles. The van der Waals surface area contributed by atoms with E-state index in [1.807, 2.05) is 47.9 Å². The molecular weight excluding hydrogens is 364 g/mol.